The van der Waals surface area contributed by atoms with Gasteiger partial charge in [0.25, 0.3) is 0 Å². The third kappa shape index (κ3) is 12.7. The van der Waals surface area contributed by atoms with Gasteiger partial charge < -0.3 is 29.9 Å². The molecule has 0 radical (unpaired) electrons. The van der Waals surface area contributed by atoms with Gasteiger partial charge in [-0.05, 0) is 76.6 Å². The first-order chi connectivity index (χ1) is 23.5. The number of ether oxygens (including phenoxy) is 2. The lowest BCUT2D eigenvalue weighted by Gasteiger charge is -2.37. The van der Waals surface area contributed by atoms with E-state index in [1.807, 2.05) is 71.9 Å². The van der Waals surface area contributed by atoms with Gasteiger partial charge in [0, 0.05) is 82.1 Å². The molecule has 4 aromatic rings. The minimum atomic E-state index is -0.478. The van der Waals surface area contributed by atoms with E-state index in [1.54, 1.807) is 4.90 Å². The van der Waals surface area contributed by atoms with Crippen molar-refractivity contribution in [2.45, 2.75) is 52.7 Å². The molecule has 0 spiro atoms. The standard InChI is InChI=1S/C19H23BrN2O2.C10H8BrN.C9H17Cl2NO2/c1-19(2,3)24-18(23)22-12-10-21(11-13-22)17-9-8-16(20)14-6-4-5-7-15(14)17;11-9-5-6-10(12)8-4-2-1-3-7(8)9;1-9(2,3)14-8(13)12(6-4-10)7-5-11/h4-9H,10-13H2,1-3H3;1-6H,12H2;4-7H2,1-3H3. The maximum atomic E-state index is 12.2. The number of nitrogens with zero attached hydrogens (tertiary/aromatic N) is 3. The Hall–Kier alpha value is -2.92. The zero-order chi connectivity index (χ0) is 37.1. The third-order valence-electron chi connectivity index (χ3n) is 7.39. The highest BCUT2D eigenvalue weighted by Crippen LogP contribution is 2.33. The summed E-state index contributed by atoms with van der Waals surface area (Å²) >= 11 is 18.2. The molecule has 8 nitrogen and oxygen atoms in total. The first-order valence-corrected chi connectivity index (χ1v) is 19.1. The molecule has 0 unspecified atom stereocenters. The summed E-state index contributed by atoms with van der Waals surface area (Å²) in [7, 11) is 0. The number of nitrogen functional groups attached to an aromatic ring is 1. The Morgan fingerprint density at radius 3 is 1.64 bits per heavy atom. The predicted molar refractivity (Wildman–Crippen MR) is 217 cm³/mol. The fourth-order valence-corrected chi connectivity index (χ4v) is 6.45. The second-order valence-corrected chi connectivity index (χ2v) is 16.1. The van der Waals surface area contributed by atoms with E-state index < -0.39 is 11.2 Å². The van der Waals surface area contributed by atoms with Gasteiger partial charge >= 0.3 is 12.2 Å². The number of amides is 2. The van der Waals surface area contributed by atoms with Crippen molar-refractivity contribution in [2.24, 2.45) is 0 Å². The number of nitrogens with two attached hydrogens (primary N) is 1. The normalized spacial score (nSPS) is 13.2. The van der Waals surface area contributed by atoms with E-state index in [0.717, 1.165) is 38.5 Å². The Balaban J connectivity index is 0.000000221. The van der Waals surface area contributed by atoms with Crippen molar-refractivity contribution in [1.82, 2.24) is 9.80 Å². The lowest BCUT2D eigenvalue weighted by Crippen LogP contribution is -2.50. The van der Waals surface area contributed by atoms with Gasteiger partial charge in [-0.1, -0.05) is 80.4 Å². The molecule has 2 N–H and O–H groups in total. The Morgan fingerprint density at radius 2 is 1.16 bits per heavy atom. The Kier molecular flexibility index (Phi) is 15.8. The summed E-state index contributed by atoms with van der Waals surface area (Å²) in [4.78, 5) is 29.4. The SMILES string of the molecule is CC(C)(C)OC(=O)N(CCCl)CCCl.CC(C)(C)OC(=O)N1CCN(c2ccc(Br)c3ccccc23)CC1.Nc1ccc(Br)c2ccccc12. The number of carbonyl (C=O) groups is 2. The van der Waals surface area contributed by atoms with Gasteiger partial charge in [0.1, 0.15) is 11.2 Å². The molecule has 5 rings (SSSR count). The van der Waals surface area contributed by atoms with Crippen LogP contribution in [0.3, 0.4) is 0 Å². The number of carbonyl (C=O) groups excluding carboxylic acids is 2. The predicted octanol–water partition coefficient (Wildman–Crippen LogP) is 10.5. The van der Waals surface area contributed by atoms with Crippen LogP contribution in [0.2, 0.25) is 0 Å². The molecule has 272 valence electrons. The molecule has 1 aliphatic rings. The van der Waals surface area contributed by atoms with Crippen LogP contribution in [0.5, 0.6) is 0 Å². The highest BCUT2D eigenvalue weighted by molar-refractivity contribution is 9.11. The maximum Gasteiger partial charge on any atom is 0.410 e. The number of alkyl halides is 2. The minimum absolute atomic E-state index is 0.220. The maximum absolute atomic E-state index is 12.2. The summed E-state index contributed by atoms with van der Waals surface area (Å²) in [5.41, 5.74) is 6.93. The van der Waals surface area contributed by atoms with E-state index in [-0.39, 0.29) is 12.2 Å². The van der Waals surface area contributed by atoms with Crippen molar-refractivity contribution in [3.05, 3.63) is 81.7 Å². The minimum Gasteiger partial charge on any atom is -0.444 e. The molecular formula is C38H48Br2Cl2N4O4. The van der Waals surface area contributed by atoms with Crippen molar-refractivity contribution < 1.29 is 19.1 Å². The van der Waals surface area contributed by atoms with Crippen molar-refractivity contribution >= 4 is 100 Å². The topological polar surface area (TPSA) is 88.3 Å². The van der Waals surface area contributed by atoms with Crippen LogP contribution in [-0.2, 0) is 9.47 Å². The summed E-state index contributed by atoms with van der Waals surface area (Å²) in [5, 5.41) is 4.71. The van der Waals surface area contributed by atoms with Crippen molar-refractivity contribution in [1.29, 1.82) is 0 Å². The molecule has 12 heteroatoms. The second-order valence-electron chi connectivity index (χ2n) is 13.6. The summed E-state index contributed by atoms with van der Waals surface area (Å²) in [6, 6.07) is 24.6. The van der Waals surface area contributed by atoms with E-state index >= 15 is 0 Å². The van der Waals surface area contributed by atoms with Crippen LogP contribution in [0.1, 0.15) is 41.5 Å². The number of piperazine rings is 1. The lowest BCUT2D eigenvalue weighted by molar-refractivity contribution is 0.0237. The Morgan fingerprint density at radius 1 is 0.700 bits per heavy atom. The zero-order valence-corrected chi connectivity index (χ0v) is 34.3. The highest BCUT2D eigenvalue weighted by atomic mass is 79.9. The molecule has 1 fully saturated rings. The van der Waals surface area contributed by atoms with Crippen LogP contribution in [0.4, 0.5) is 21.0 Å². The van der Waals surface area contributed by atoms with Crippen molar-refractivity contribution in [3.8, 4) is 0 Å². The molecule has 1 aliphatic heterocycles. The second kappa shape index (κ2) is 19.1. The molecule has 1 heterocycles. The number of hydrogen-bond acceptors (Lipinski definition) is 6. The number of rotatable bonds is 5. The number of benzene rings is 4. The molecule has 0 atom stereocenters. The van der Waals surface area contributed by atoms with Crippen LogP contribution >= 0.6 is 55.1 Å². The summed E-state index contributed by atoms with van der Waals surface area (Å²) in [6.07, 6.45) is -0.582. The lowest BCUT2D eigenvalue weighted by atomic mass is 10.1. The fourth-order valence-electron chi connectivity index (χ4n) is 5.09. The van der Waals surface area contributed by atoms with Crippen LogP contribution in [0.25, 0.3) is 21.5 Å². The smallest absolute Gasteiger partial charge is 0.410 e. The molecule has 50 heavy (non-hydrogen) atoms. The van der Waals surface area contributed by atoms with Crippen LogP contribution in [0.15, 0.2) is 81.7 Å². The number of fused-ring (bicyclic) bond motifs is 2. The van der Waals surface area contributed by atoms with Gasteiger partial charge in [0.15, 0.2) is 0 Å². The molecule has 0 aromatic heterocycles. The van der Waals surface area contributed by atoms with Gasteiger partial charge in [0.2, 0.25) is 0 Å². The van der Waals surface area contributed by atoms with Gasteiger partial charge in [0.05, 0.1) is 0 Å². The fraction of sp³-hybridized carbons (Fsp3) is 0.421. The summed E-state index contributed by atoms with van der Waals surface area (Å²) in [5.74, 6) is 0.770. The Labute approximate surface area is 323 Å². The van der Waals surface area contributed by atoms with Crippen LogP contribution < -0.4 is 10.6 Å². The molecular weight excluding hydrogens is 807 g/mol. The van der Waals surface area contributed by atoms with E-state index in [4.69, 9.17) is 38.4 Å². The average molecular weight is 856 g/mol. The highest BCUT2D eigenvalue weighted by Gasteiger charge is 2.26. The zero-order valence-electron chi connectivity index (χ0n) is 29.6. The van der Waals surface area contributed by atoms with Crippen LogP contribution in [-0.4, -0.2) is 84.2 Å². The van der Waals surface area contributed by atoms with Gasteiger partial charge in [-0.15, -0.1) is 23.2 Å². The van der Waals surface area contributed by atoms with Crippen molar-refractivity contribution in [3.63, 3.8) is 0 Å². The average Bonchev–Trinajstić information content (AvgIpc) is 3.06. The van der Waals surface area contributed by atoms with E-state index in [2.05, 4.69) is 79.2 Å². The van der Waals surface area contributed by atoms with Gasteiger partial charge in [-0.3, -0.25) is 0 Å². The number of anilines is 2. The van der Waals surface area contributed by atoms with E-state index in [1.165, 1.54) is 21.4 Å². The van der Waals surface area contributed by atoms with Crippen molar-refractivity contribution in [2.75, 3.05) is 61.7 Å². The molecule has 4 aromatic carbocycles. The molecule has 0 saturated carbocycles. The monoisotopic (exact) mass is 852 g/mol. The molecule has 2 amide bonds. The largest absolute Gasteiger partial charge is 0.444 e. The molecule has 0 bridgehead atoms. The van der Waals surface area contributed by atoms with Gasteiger partial charge in [-0.25, -0.2) is 9.59 Å². The third-order valence-corrected chi connectivity index (χ3v) is 9.11. The number of halogens is 4. The first kappa shape index (κ1) is 41.5. The molecule has 1 saturated heterocycles. The Bertz CT molecular complexity index is 1670. The van der Waals surface area contributed by atoms with Gasteiger partial charge in [-0.2, -0.15) is 0 Å². The molecule has 0 aliphatic carbocycles. The number of hydrogen-bond donors (Lipinski definition) is 1. The summed E-state index contributed by atoms with van der Waals surface area (Å²) < 4.78 is 12.8. The summed E-state index contributed by atoms with van der Waals surface area (Å²) in [6.45, 7) is 15.1. The first-order valence-electron chi connectivity index (χ1n) is 16.5. The van der Waals surface area contributed by atoms with E-state index in [9.17, 15) is 9.59 Å². The van der Waals surface area contributed by atoms with Crippen LogP contribution in [0, 0.1) is 0 Å². The quantitative estimate of drug-likeness (QED) is 0.159. The van der Waals surface area contributed by atoms with E-state index in [0.29, 0.717) is 37.9 Å².